The Kier molecular flexibility index (Phi) is 10.1. The number of halogens is 6. The summed E-state index contributed by atoms with van der Waals surface area (Å²) in [6, 6.07) is 8.54. The van der Waals surface area contributed by atoms with Gasteiger partial charge in [-0.15, -0.1) is 0 Å². The van der Waals surface area contributed by atoms with Crippen LogP contribution in [0, 0.1) is 0 Å². The van der Waals surface area contributed by atoms with Crippen LogP contribution < -0.4 is 10.6 Å². The van der Waals surface area contributed by atoms with Crippen LogP contribution in [0.5, 0.6) is 0 Å². The first-order chi connectivity index (χ1) is 21.5. The predicted molar refractivity (Wildman–Crippen MR) is 156 cm³/mol. The average Bonchev–Trinajstić information content (AvgIpc) is 3.44. The number of likely N-dealkylation sites (tertiary alicyclic amines) is 1. The maximum atomic E-state index is 14.6. The molecule has 1 atom stereocenters. The van der Waals surface area contributed by atoms with Gasteiger partial charge in [-0.2, -0.15) is 26.3 Å². The lowest BCUT2D eigenvalue weighted by molar-refractivity contribution is -0.390. The molecule has 9 nitrogen and oxygen atoms in total. The first-order valence-corrected chi connectivity index (χ1v) is 14.3. The lowest BCUT2D eigenvalue weighted by atomic mass is 9.91. The largest absolute Gasteiger partial charge is 0.444 e. The third-order valence-electron chi connectivity index (χ3n) is 7.08. The molecule has 1 unspecified atom stereocenters. The number of hydrogen-bond donors (Lipinski definition) is 2. The first-order valence-electron chi connectivity index (χ1n) is 14.3. The fraction of sp³-hybridized carbons (Fsp3) is 0.419. The van der Waals surface area contributed by atoms with E-state index in [1.165, 1.54) is 18.3 Å². The van der Waals surface area contributed by atoms with Crippen LogP contribution in [-0.4, -0.2) is 64.0 Å². The summed E-state index contributed by atoms with van der Waals surface area (Å²) < 4.78 is 97.6. The number of nitrogens with zero attached hydrogens (tertiary/aromatic N) is 3. The zero-order chi connectivity index (χ0) is 33.8. The van der Waals surface area contributed by atoms with Gasteiger partial charge in [-0.3, -0.25) is 9.78 Å². The smallest absolute Gasteiger partial charge is 0.430 e. The SMILES string of the molecule is CC(C)(C)OC(=O)N1CCCC1COC(c1cccc(NC(=O)c2cccnc2NCc2ccncc2)c1)(C(F)(F)F)C(F)(F)F. The molecule has 0 radical (unpaired) electrons. The van der Waals surface area contributed by atoms with E-state index in [1.807, 2.05) is 0 Å². The molecule has 0 bridgehead atoms. The second-order valence-corrected chi connectivity index (χ2v) is 11.6. The lowest BCUT2D eigenvalue weighted by Crippen LogP contribution is -2.57. The summed E-state index contributed by atoms with van der Waals surface area (Å²) in [5.74, 6) is -0.686. The standard InChI is InChI=1S/C31H33F6N5O4/c1-28(2,3)46-27(44)42-16-6-9-23(42)19-45-29(30(32,33)34,31(35,36)37)21-7-4-8-22(17-21)41-26(43)24-10-5-13-39-25(24)40-18-20-11-14-38-15-12-20/h4-5,7-8,10-15,17,23H,6,9,16,18-19H2,1-3H3,(H,39,40)(H,41,43). The van der Waals surface area contributed by atoms with Gasteiger partial charge >= 0.3 is 18.4 Å². The summed E-state index contributed by atoms with van der Waals surface area (Å²) in [5, 5.41) is 5.35. The molecule has 3 aromatic rings. The van der Waals surface area contributed by atoms with Crippen molar-refractivity contribution >= 4 is 23.5 Å². The molecule has 2 N–H and O–H groups in total. The minimum Gasteiger partial charge on any atom is -0.444 e. The summed E-state index contributed by atoms with van der Waals surface area (Å²) >= 11 is 0. The Morgan fingerprint density at radius 2 is 1.65 bits per heavy atom. The van der Waals surface area contributed by atoms with E-state index in [2.05, 4.69) is 20.6 Å². The molecule has 1 fully saturated rings. The molecular weight excluding hydrogens is 620 g/mol. The Morgan fingerprint density at radius 3 is 2.30 bits per heavy atom. The van der Waals surface area contributed by atoms with Gasteiger partial charge in [0.1, 0.15) is 11.4 Å². The van der Waals surface area contributed by atoms with E-state index in [0.29, 0.717) is 18.6 Å². The third-order valence-corrected chi connectivity index (χ3v) is 7.08. The zero-order valence-electron chi connectivity index (χ0n) is 25.2. The van der Waals surface area contributed by atoms with Crippen molar-refractivity contribution < 1.29 is 45.4 Å². The highest BCUT2D eigenvalue weighted by molar-refractivity contribution is 6.07. The fourth-order valence-corrected chi connectivity index (χ4v) is 4.96. The van der Waals surface area contributed by atoms with E-state index >= 15 is 0 Å². The highest BCUT2D eigenvalue weighted by Gasteiger charge is 2.73. The van der Waals surface area contributed by atoms with E-state index in [1.54, 1.807) is 45.3 Å². The van der Waals surface area contributed by atoms with Gasteiger partial charge in [-0.1, -0.05) is 12.1 Å². The molecule has 4 rings (SSSR count). The Bertz CT molecular complexity index is 1500. The molecule has 46 heavy (non-hydrogen) atoms. The Hall–Kier alpha value is -4.40. The van der Waals surface area contributed by atoms with Crippen LogP contribution in [0.2, 0.25) is 0 Å². The summed E-state index contributed by atoms with van der Waals surface area (Å²) in [6.07, 6.45) is -7.79. The number of nitrogens with one attached hydrogen (secondary N) is 2. The number of anilines is 2. The number of ether oxygens (including phenoxy) is 2. The molecule has 2 amide bonds. The number of alkyl halides is 6. The number of amides is 2. The molecule has 1 saturated heterocycles. The fourth-order valence-electron chi connectivity index (χ4n) is 4.96. The van der Waals surface area contributed by atoms with Crippen molar-refractivity contribution in [2.45, 2.75) is 69.8 Å². The van der Waals surface area contributed by atoms with Gasteiger partial charge in [-0.05, 0) is 75.6 Å². The average molecular weight is 654 g/mol. The van der Waals surface area contributed by atoms with Gasteiger partial charge < -0.3 is 25.0 Å². The monoisotopic (exact) mass is 653 g/mol. The molecule has 0 spiro atoms. The summed E-state index contributed by atoms with van der Waals surface area (Å²) in [6.45, 7) is 4.04. The number of carbonyl (C=O) groups is 2. The maximum absolute atomic E-state index is 14.6. The number of benzene rings is 1. The van der Waals surface area contributed by atoms with Crippen LogP contribution >= 0.6 is 0 Å². The topological polar surface area (TPSA) is 106 Å². The van der Waals surface area contributed by atoms with Gasteiger partial charge in [0.15, 0.2) is 0 Å². The minimum atomic E-state index is -5.98. The van der Waals surface area contributed by atoms with Crippen molar-refractivity contribution in [1.82, 2.24) is 14.9 Å². The highest BCUT2D eigenvalue weighted by Crippen LogP contribution is 2.53. The molecule has 1 aliphatic heterocycles. The van der Waals surface area contributed by atoms with Gasteiger partial charge in [-0.25, -0.2) is 9.78 Å². The van der Waals surface area contributed by atoms with E-state index < -0.39 is 53.8 Å². The normalized spacial score (nSPS) is 15.8. The molecule has 15 heteroatoms. The van der Waals surface area contributed by atoms with Gasteiger partial charge in [0.2, 0.25) is 0 Å². The van der Waals surface area contributed by atoms with Crippen LogP contribution in [0.15, 0.2) is 67.1 Å². The molecule has 2 aromatic heterocycles. The van der Waals surface area contributed by atoms with E-state index in [-0.39, 0.29) is 36.6 Å². The molecular formula is C31H33F6N5O4. The Balaban J connectivity index is 1.60. The summed E-state index contributed by atoms with van der Waals surface area (Å²) in [7, 11) is 0. The number of carbonyl (C=O) groups excluding carboxylic acids is 2. The molecule has 0 aliphatic carbocycles. The minimum absolute atomic E-state index is 0.000386. The van der Waals surface area contributed by atoms with Gasteiger partial charge in [0.05, 0.1) is 18.2 Å². The van der Waals surface area contributed by atoms with Crippen LogP contribution in [0.3, 0.4) is 0 Å². The van der Waals surface area contributed by atoms with Crippen LogP contribution in [0.4, 0.5) is 42.6 Å². The molecule has 248 valence electrons. The van der Waals surface area contributed by atoms with Crippen LogP contribution in [0.25, 0.3) is 0 Å². The number of rotatable bonds is 9. The summed E-state index contributed by atoms with van der Waals surface area (Å²) in [4.78, 5) is 34.9. The number of pyridine rings is 2. The second-order valence-electron chi connectivity index (χ2n) is 11.6. The van der Waals surface area contributed by atoms with Crippen molar-refractivity contribution in [1.29, 1.82) is 0 Å². The van der Waals surface area contributed by atoms with E-state index in [4.69, 9.17) is 9.47 Å². The van der Waals surface area contributed by atoms with Crippen molar-refractivity contribution in [3.8, 4) is 0 Å². The first kappa shape index (κ1) is 34.5. The number of hydrogen-bond acceptors (Lipinski definition) is 7. The molecule has 1 aliphatic rings. The maximum Gasteiger partial charge on any atom is 0.430 e. The van der Waals surface area contributed by atoms with Crippen molar-refractivity contribution in [2.75, 3.05) is 23.8 Å². The molecule has 3 heterocycles. The van der Waals surface area contributed by atoms with Crippen molar-refractivity contribution in [3.05, 3.63) is 83.8 Å². The Morgan fingerprint density at radius 1 is 0.957 bits per heavy atom. The van der Waals surface area contributed by atoms with Crippen molar-refractivity contribution in [3.63, 3.8) is 0 Å². The van der Waals surface area contributed by atoms with Gasteiger partial charge in [0.25, 0.3) is 11.5 Å². The Labute approximate surface area is 261 Å². The van der Waals surface area contributed by atoms with E-state index in [0.717, 1.165) is 22.6 Å². The summed E-state index contributed by atoms with van der Waals surface area (Å²) in [5.41, 5.74) is -6.52. The third kappa shape index (κ3) is 7.87. The van der Waals surface area contributed by atoms with Crippen LogP contribution in [-0.2, 0) is 21.6 Å². The van der Waals surface area contributed by atoms with Crippen LogP contribution in [0.1, 0.15) is 55.1 Å². The van der Waals surface area contributed by atoms with Crippen molar-refractivity contribution in [2.24, 2.45) is 0 Å². The lowest BCUT2D eigenvalue weighted by Gasteiger charge is -2.39. The zero-order valence-corrected chi connectivity index (χ0v) is 25.2. The molecule has 1 aromatic carbocycles. The second kappa shape index (κ2) is 13.5. The molecule has 0 saturated carbocycles. The number of aromatic nitrogens is 2. The van der Waals surface area contributed by atoms with Gasteiger partial charge in [0, 0.05) is 42.9 Å². The highest BCUT2D eigenvalue weighted by atomic mass is 19.4. The quantitative estimate of drug-likeness (QED) is 0.238. The van der Waals surface area contributed by atoms with E-state index in [9.17, 15) is 35.9 Å². The predicted octanol–water partition coefficient (Wildman–Crippen LogP) is 7.08.